The van der Waals surface area contributed by atoms with E-state index in [1.165, 1.54) is 25.7 Å². The smallest absolute Gasteiger partial charge is 0.320 e. The van der Waals surface area contributed by atoms with Crippen LogP contribution in [-0.2, 0) is 4.79 Å². The van der Waals surface area contributed by atoms with Crippen molar-refractivity contribution in [2.45, 2.75) is 78.2 Å². The van der Waals surface area contributed by atoms with Gasteiger partial charge in [-0.15, -0.1) is 0 Å². The van der Waals surface area contributed by atoms with E-state index in [0.29, 0.717) is 0 Å². The summed E-state index contributed by atoms with van der Waals surface area (Å²) in [5, 5.41) is 12.3. The molecule has 0 aliphatic carbocycles. The average molecular weight is 257 g/mol. The van der Waals surface area contributed by atoms with Gasteiger partial charge in [0, 0.05) is 0 Å². The van der Waals surface area contributed by atoms with Crippen LogP contribution in [-0.4, -0.2) is 23.7 Å². The fraction of sp³-hybridized carbons (Fsp3) is 0.933. The highest BCUT2D eigenvalue weighted by Gasteiger charge is 2.16. The maximum Gasteiger partial charge on any atom is 0.320 e. The summed E-state index contributed by atoms with van der Waals surface area (Å²) in [6.45, 7) is 7.37. The summed E-state index contributed by atoms with van der Waals surface area (Å²) in [5.41, 5.74) is 0. The van der Waals surface area contributed by atoms with E-state index in [0.717, 1.165) is 38.1 Å². The van der Waals surface area contributed by atoms with Gasteiger partial charge in [-0.25, -0.2) is 0 Å². The Bertz CT molecular complexity index is 201. The molecule has 2 N–H and O–H groups in total. The lowest BCUT2D eigenvalue weighted by atomic mass is 9.94. The van der Waals surface area contributed by atoms with Crippen molar-refractivity contribution in [2.75, 3.05) is 6.54 Å². The summed E-state index contributed by atoms with van der Waals surface area (Å²) in [6.07, 6.45) is 8.88. The molecule has 0 aromatic carbocycles. The van der Waals surface area contributed by atoms with Gasteiger partial charge in [0.25, 0.3) is 0 Å². The Morgan fingerprint density at radius 1 is 1.00 bits per heavy atom. The number of carboxylic acids is 1. The number of rotatable bonds is 12. The molecule has 18 heavy (non-hydrogen) atoms. The third-order valence-electron chi connectivity index (χ3n) is 3.48. The highest BCUT2D eigenvalue weighted by Crippen LogP contribution is 2.17. The van der Waals surface area contributed by atoms with Crippen molar-refractivity contribution >= 4 is 5.97 Å². The average Bonchev–Trinajstić information content (AvgIpc) is 2.33. The monoisotopic (exact) mass is 257 g/mol. The maximum absolute atomic E-state index is 11.1. The zero-order valence-electron chi connectivity index (χ0n) is 12.4. The predicted molar refractivity (Wildman–Crippen MR) is 76.9 cm³/mol. The van der Waals surface area contributed by atoms with E-state index in [-0.39, 0.29) is 6.04 Å². The van der Waals surface area contributed by atoms with Crippen LogP contribution in [0.3, 0.4) is 0 Å². The van der Waals surface area contributed by atoms with Gasteiger partial charge < -0.3 is 10.4 Å². The summed E-state index contributed by atoms with van der Waals surface area (Å²) in [4.78, 5) is 11.1. The third kappa shape index (κ3) is 8.51. The van der Waals surface area contributed by atoms with E-state index in [2.05, 4.69) is 26.1 Å². The SMILES string of the molecule is CCCCC(NCCC(CCC)CCC)C(=O)O. The normalized spacial score (nSPS) is 12.9. The molecule has 0 amide bonds. The van der Waals surface area contributed by atoms with Crippen LogP contribution < -0.4 is 5.32 Å². The summed E-state index contributed by atoms with van der Waals surface area (Å²) in [7, 11) is 0. The Labute approximate surface area is 112 Å². The van der Waals surface area contributed by atoms with E-state index in [1.54, 1.807) is 0 Å². The van der Waals surface area contributed by atoms with Crippen LogP contribution >= 0.6 is 0 Å². The molecule has 0 aromatic heterocycles. The van der Waals surface area contributed by atoms with Gasteiger partial charge in [0.2, 0.25) is 0 Å². The van der Waals surface area contributed by atoms with E-state index in [1.807, 2.05) is 0 Å². The number of hydrogen-bond acceptors (Lipinski definition) is 2. The zero-order chi connectivity index (χ0) is 13.8. The Morgan fingerprint density at radius 2 is 1.61 bits per heavy atom. The molecule has 0 spiro atoms. The van der Waals surface area contributed by atoms with Crippen LogP contribution in [0.4, 0.5) is 0 Å². The van der Waals surface area contributed by atoms with E-state index < -0.39 is 5.97 Å². The Kier molecular flexibility index (Phi) is 11.2. The first-order chi connectivity index (χ1) is 8.65. The molecule has 0 heterocycles. The fourth-order valence-corrected chi connectivity index (χ4v) is 2.43. The molecule has 0 bridgehead atoms. The van der Waals surface area contributed by atoms with Crippen LogP contribution in [0.5, 0.6) is 0 Å². The van der Waals surface area contributed by atoms with Crippen LogP contribution in [0.15, 0.2) is 0 Å². The Hall–Kier alpha value is -0.570. The number of carbonyl (C=O) groups is 1. The predicted octanol–water partition coefficient (Wildman–Crippen LogP) is 3.83. The molecule has 0 saturated heterocycles. The van der Waals surface area contributed by atoms with Gasteiger partial charge in [-0.3, -0.25) is 4.79 Å². The minimum atomic E-state index is -0.703. The van der Waals surface area contributed by atoms with Crippen LogP contribution in [0.25, 0.3) is 0 Å². The second kappa shape index (κ2) is 11.5. The molecule has 3 nitrogen and oxygen atoms in total. The molecule has 0 saturated carbocycles. The van der Waals surface area contributed by atoms with Gasteiger partial charge in [0.15, 0.2) is 0 Å². The standard InChI is InChI=1S/C15H31NO2/c1-4-7-10-14(15(17)18)16-12-11-13(8-5-2)9-6-3/h13-14,16H,4-12H2,1-3H3,(H,17,18). The first-order valence-corrected chi connectivity index (χ1v) is 7.61. The van der Waals surface area contributed by atoms with Gasteiger partial charge in [0.1, 0.15) is 6.04 Å². The van der Waals surface area contributed by atoms with E-state index in [9.17, 15) is 4.79 Å². The van der Waals surface area contributed by atoms with Crippen molar-refractivity contribution in [1.82, 2.24) is 5.32 Å². The Morgan fingerprint density at radius 3 is 2.06 bits per heavy atom. The van der Waals surface area contributed by atoms with Gasteiger partial charge in [-0.05, 0) is 25.3 Å². The lowest BCUT2D eigenvalue weighted by Crippen LogP contribution is -2.37. The van der Waals surface area contributed by atoms with Crippen molar-refractivity contribution in [3.63, 3.8) is 0 Å². The van der Waals surface area contributed by atoms with Crippen molar-refractivity contribution in [3.8, 4) is 0 Å². The zero-order valence-corrected chi connectivity index (χ0v) is 12.4. The van der Waals surface area contributed by atoms with Crippen LogP contribution in [0.2, 0.25) is 0 Å². The first kappa shape index (κ1) is 17.4. The molecule has 108 valence electrons. The summed E-state index contributed by atoms with van der Waals surface area (Å²) >= 11 is 0. The summed E-state index contributed by atoms with van der Waals surface area (Å²) < 4.78 is 0. The van der Waals surface area contributed by atoms with E-state index in [4.69, 9.17) is 5.11 Å². The lowest BCUT2D eigenvalue weighted by Gasteiger charge is -2.18. The maximum atomic E-state index is 11.1. The Balaban J connectivity index is 3.90. The molecule has 1 atom stereocenters. The quantitative estimate of drug-likeness (QED) is 0.558. The highest BCUT2D eigenvalue weighted by atomic mass is 16.4. The second-order valence-corrected chi connectivity index (χ2v) is 5.22. The van der Waals surface area contributed by atoms with Gasteiger partial charge in [0.05, 0.1) is 0 Å². The molecule has 1 unspecified atom stereocenters. The molecule has 0 aliphatic heterocycles. The van der Waals surface area contributed by atoms with Crippen molar-refractivity contribution in [3.05, 3.63) is 0 Å². The number of hydrogen-bond donors (Lipinski definition) is 2. The molecular formula is C15H31NO2. The molecule has 0 rings (SSSR count). The number of unbranched alkanes of at least 4 members (excludes halogenated alkanes) is 1. The van der Waals surface area contributed by atoms with Crippen molar-refractivity contribution in [1.29, 1.82) is 0 Å². The minimum Gasteiger partial charge on any atom is -0.480 e. The minimum absolute atomic E-state index is 0.353. The van der Waals surface area contributed by atoms with Crippen molar-refractivity contribution in [2.24, 2.45) is 5.92 Å². The molecule has 0 radical (unpaired) electrons. The molecule has 0 fully saturated rings. The third-order valence-corrected chi connectivity index (χ3v) is 3.48. The molecule has 0 aliphatic rings. The lowest BCUT2D eigenvalue weighted by molar-refractivity contribution is -0.139. The van der Waals surface area contributed by atoms with E-state index >= 15 is 0 Å². The fourth-order valence-electron chi connectivity index (χ4n) is 2.43. The van der Waals surface area contributed by atoms with Gasteiger partial charge in [-0.2, -0.15) is 0 Å². The van der Waals surface area contributed by atoms with Crippen LogP contribution in [0, 0.1) is 5.92 Å². The van der Waals surface area contributed by atoms with Gasteiger partial charge in [-0.1, -0.05) is 59.3 Å². The number of nitrogens with one attached hydrogen (secondary N) is 1. The second-order valence-electron chi connectivity index (χ2n) is 5.22. The summed E-state index contributed by atoms with van der Waals surface area (Å²) in [5.74, 6) is 0.0547. The molecular weight excluding hydrogens is 226 g/mol. The van der Waals surface area contributed by atoms with Crippen molar-refractivity contribution < 1.29 is 9.90 Å². The molecule has 3 heteroatoms. The number of carboxylic acid groups (broad SMARTS) is 1. The number of aliphatic carboxylic acids is 1. The largest absolute Gasteiger partial charge is 0.480 e. The topological polar surface area (TPSA) is 49.3 Å². The summed E-state index contributed by atoms with van der Waals surface area (Å²) in [6, 6.07) is -0.353. The van der Waals surface area contributed by atoms with Crippen LogP contribution in [0.1, 0.15) is 72.1 Å². The molecule has 0 aromatic rings. The van der Waals surface area contributed by atoms with Gasteiger partial charge >= 0.3 is 5.97 Å². The highest BCUT2D eigenvalue weighted by molar-refractivity contribution is 5.73. The first-order valence-electron chi connectivity index (χ1n) is 7.61.